The number of ether oxygens (including phenoxy) is 3. The van der Waals surface area contributed by atoms with Crippen LogP contribution < -0.4 is 10.2 Å². The van der Waals surface area contributed by atoms with Gasteiger partial charge in [-0.2, -0.15) is 0 Å². The van der Waals surface area contributed by atoms with Crippen LogP contribution in [0.15, 0.2) is 87.0 Å². The zero-order valence-corrected chi connectivity index (χ0v) is 26.5. The van der Waals surface area contributed by atoms with Gasteiger partial charge < -0.3 is 39.1 Å². The molecule has 3 aliphatic rings. The minimum absolute atomic E-state index is 0.0584. The van der Waals surface area contributed by atoms with Gasteiger partial charge in [0.1, 0.15) is 54.7 Å². The van der Waals surface area contributed by atoms with Gasteiger partial charge in [0.05, 0.1) is 22.7 Å². The van der Waals surface area contributed by atoms with Crippen LogP contribution in [0.4, 0.5) is 0 Å². The van der Waals surface area contributed by atoms with Gasteiger partial charge in [-0.25, -0.2) is 0 Å². The van der Waals surface area contributed by atoms with Crippen LogP contribution in [-0.4, -0.2) is 86.5 Å². The number of aliphatic hydroxyl groups excluding tert-OH is 2. The van der Waals surface area contributed by atoms with E-state index in [4.69, 9.17) is 28.6 Å². The average molecular weight is 677 g/mol. The van der Waals surface area contributed by atoms with Crippen molar-refractivity contribution in [2.45, 2.75) is 75.8 Å². The van der Waals surface area contributed by atoms with Gasteiger partial charge in [0.15, 0.2) is 11.5 Å². The number of carboxylic acid groups (broad SMARTS) is 1. The number of nitrogens with zero attached hydrogens (tertiary/aromatic N) is 2. The Morgan fingerprint density at radius 2 is 1.86 bits per heavy atom. The van der Waals surface area contributed by atoms with Crippen LogP contribution >= 0.6 is 0 Å². The van der Waals surface area contributed by atoms with E-state index < -0.39 is 55.7 Å². The van der Waals surface area contributed by atoms with Crippen molar-refractivity contribution in [2.75, 3.05) is 6.61 Å². The summed E-state index contributed by atoms with van der Waals surface area (Å²) in [6.07, 6.45) is 2.10. The number of phenolic OH excluding ortho intramolecular Hbond substituents is 1. The normalized spacial score (nSPS) is 24.4. The number of aliphatic hydroxyl groups is 2. The number of aliphatic carboxylic acids is 1. The summed E-state index contributed by atoms with van der Waals surface area (Å²) in [6, 6.07) is 10.3. The quantitative estimate of drug-likeness (QED) is 0.117. The highest BCUT2D eigenvalue weighted by Gasteiger charge is 2.49. The number of benzene rings is 2. The number of allylic oxidation sites excluding steroid dienone is 1. The predicted octanol–water partition coefficient (Wildman–Crippen LogP) is 3.43. The molecule has 4 heterocycles. The second-order valence-electron chi connectivity index (χ2n) is 11.9. The molecule has 0 saturated carbocycles. The molecule has 4 N–H and O–H groups in total. The van der Waals surface area contributed by atoms with Gasteiger partial charge in [-0.05, 0) is 42.3 Å². The molecule has 3 aliphatic heterocycles. The molecule has 1 unspecified atom stereocenters. The van der Waals surface area contributed by atoms with Crippen molar-refractivity contribution >= 4 is 28.6 Å². The Kier molecular flexibility index (Phi) is 10.1. The molecule has 2 aromatic carbocycles. The monoisotopic (exact) mass is 676 g/mol. The Morgan fingerprint density at radius 1 is 1.06 bits per heavy atom. The molecule has 0 amide bonds. The van der Waals surface area contributed by atoms with Gasteiger partial charge in [0, 0.05) is 24.0 Å². The summed E-state index contributed by atoms with van der Waals surface area (Å²) in [5.74, 6) is -2.22. The van der Waals surface area contributed by atoms with E-state index in [1.807, 2.05) is 6.08 Å². The van der Waals surface area contributed by atoms with Gasteiger partial charge in [0.25, 0.3) is 0 Å². The molecule has 1 fully saturated rings. The molecule has 0 bridgehead atoms. The lowest BCUT2D eigenvalue weighted by Gasteiger charge is -2.43. The summed E-state index contributed by atoms with van der Waals surface area (Å²) in [4.78, 5) is 47.0. The molecule has 0 spiro atoms. The molecule has 14 heteroatoms. The Bertz CT molecular complexity index is 1850. The third-order valence-electron chi connectivity index (χ3n) is 8.50. The van der Waals surface area contributed by atoms with Gasteiger partial charge in [-0.15, -0.1) is 0 Å². The molecule has 49 heavy (non-hydrogen) atoms. The fourth-order valence-electron chi connectivity index (χ4n) is 5.95. The van der Waals surface area contributed by atoms with Crippen LogP contribution in [0.5, 0.6) is 11.5 Å². The molecule has 1 saturated heterocycles. The number of phenols is 1. The lowest BCUT2D eigenvalue weighted by molar-refractivity contribution is -0.330. The second-order valence-corrected chi connectivity index (χ2v) is 11.9. The van der Waals surface area contributed by atoms with E-state index in [-0.39, 0.29) is 33.9 Å². The van der Waals surface area contributed by atoms with Crippen LogP contribution in [0.2, 0.25) is 0 Å². The van der Waals surface area contributed by atoms with Crippen molar-refractivity contribution in [3.63, 3.8) is 0 Å². The lowest BCUT2D eigenvalue weighted by Crippen LogP contribution is -2.62. The van der Waals surface area contributed by atoms with Crippen LogP contribution in [0.1, 0.15) is 39.0 Å². The molecule has 0 radical (unpaired) electrons. The number of fused-ring (bicyclic) bond motifs is 2. The molecule has 258 valence electrons. The van der Waals surface area contributed by atoms with Crippen LogP contribution in [0, 0.1) is 0 Å². The summed E-state index contributed by atoms with van der Waals surface area (Å²) < 4.78 is 23.0. The highest BCUT2D eigenvalue weighted by Crippen LogP contribution is 2.34. The van der Waals surface area contributed by atoms with E-state index in [1.54, 1.807) is 29.6 Å². The number of carbonyl (C=O) groups is 2. The number of hydroxylamine groups is 2. The number of unbranched alkanes of at least 4 members (excludes halogenated alkanes) is 2. The minimum atomic E-state index is -1.61. The standard InChI is InChI=1S/C35H36N2O12/c1-2-3-4-5-25-30-20(12-13-36-30)16-37(25)49-34-33(44)32(43)27(18-46-29(41)15-28(39)40)48-35(34)47-22-10-11-23-26(14-22)45-17-24(31(23)42)19-6-8-21(38)9-7-19/h6-14,16-17,25,27,32-35,38,43-44H,2-5,15,18H2,1H3,(H,39,40)/t25?,27-,32-,33+,34-,35-/m0/s1. The lowest BCUT2D eigenvalue weighted by atomic mass is 9.99. The number of carbonyl (C=O) groups excluding carboxylic acids is 1. The fraction of sp³-hybridized carbons (Fsp3) is 0.371. The molecule has 3 aromatic rings. The largest absolute Gasteiger partial charge is 0.508 e. The average Bonchev–Trinajstić information content (AvgIpc) is 3.66. The Morgan fingerprint density at radius 3 is 2.61 bits per heavy atom. The van der Waals surface area contributed by atoms with E-state index in [2.05, 4.69) is 11.9 Å². The summed E-state index contributed by atoms with van der Waals surface area (Å²) in [7, 11) is 0. The van der Waals surface area contributed by atoms with E-state index in [0.29, 0.717) is 17.5 Å². The molecular formula is C35H36N2O12. The first-order valence-corrected chi connectivity index (χ1v) is 15.9. The molecule has 14 nitrogen and oxygen atoms in total. The zero-order chi connectivity index (χ0) is 34.7. The van der Waals surface area contributed by atoms with Gasteiger partial charge >= 0.3 is 11.9 Å². The molecular weight excluding hydrogens is 640 g/mol. The zero-order valence-electron chi connectivity index (χ0n) is 26.5. The predicted molar refractivity (Wildman–Crippen MR) is 173 cm³/mol. The maximum Gasteiger partial charge on any atom is 0.317 e. The number of hydrogen-bond donors (Lipinski definition) is 4. The van der Waals surface area contributed by atoms with Crippen LogP contribution in [-0.2, 0) is 23.9 Å². The SMILES string of the molecule is CCCCCC1C2=NC=CC2=CN1O[C@@H]1[C@@H](Oc2ccc3c(=O)c(-c4ccc(O)cc4)coc3c2)O[C@@H](COC(=O)CC(=O)O)[C@H](O)[C@H]1O. The van der Waals surface area contributed by atoms with Gasteiger partial charge in [0.2, 0.25) is 6.29 Å². The fourth-order valence-corrected chi connectivity index (χ4v) is 5.95. The van der Waals surface area contributed by atoms with Crippen molar-refractivity contribution < 1.29 is 53.5 Å². The highest BCUT2D eigenvalue weighted by molar-refractivity contribution is 6.10. The van der Waals surface area contributed by atoms with Crippen molar-refractivity contribution in [3.05, 3.63) is 83.0 Å². The number of aliphatic imine (C=N–C) groups is 1. The molecule has 1 aromatic heterocycles. The first-order valence-electron chi connectivity index (χ1n) is 15.9. The topological polar surface area (TPSA) is 198 Å². The van der Waals surface area contributed by atoms with Gasteiger partial charge in [-0.3, -0.25) is 29.3 Å². The van der Waals surface area contributed by atoms with Crippen molar-refractivity contribution in [3.8, 4) is 22.6 Å². The Hall–Kier alpha value is -5.02. The van der Waals surface area contributed by atoms with Crippen molar-refractivity contribution in [2.24, 2.45) is 4.99 Å². The third-order valence-corrected chi connectivity index (χ3v) is 8.50. The van der Waals surface area contributed by atoms with Crippen LogP contribution in [0.3, 0.4) is 0 Å². The number of carboxylic acids is 1. The van der Waals surface area contributed by atoms with Crippen molar-refractivity contribution in [1.29, 1.82) is 0 Å². The maximum absolute atomic E-state index is 13.3. The van der Waals surface area contributed by atoms with Crippen LogP contribution in [0.25, 0.3) is 22.1 Å². The smallest absolute Gasteiger partial charge is 0.317 e. The summed E-state index contributed by atoms with van der Waals surface area (Å²) in [6.45, 7) is 1.53. The van der Waals surface area contributed by atoms with E-state index in [0.717, 1.165) is 30.5 Å². The van der Waals surface area contributed by atoms with Gasteiger partial charge in [-0.1, -0.05) is 38.3 Å². The maximum atomic E-state index is 13.3. The first kappa shape index (κ1) is 33.9. The number of aromatic hydroxyl groups is 1. The highest BCUT2D eigenvalue weighted by atomic mass is 16.8. The minimum Gasteiger partial charge on any atom is -0.508 e. The number of rotatable bonds is 13. The van der Waals surface area contributed by atoms with Crippen molar-refractivity contribution in [1.82, 2.24) is 5.06 Å². The summed E-state index contributed by atoms with van der Waals surface area (Å²) in [5.41, 5.74) is 2.40. The molecule has 0 aliphatic carbocycles. The number of esters is 1. The summed E-state index contributed by atoms with van der Waals surface area (Å²) in [5, 5.41) is 42.7. The second kappa shape index (κ2) is 14.6. The number of hydrogen-bond acceptors (Lipinski definition) is 13. The van der Waals surface area contributed by atoms with E-state index in [9.17, 15) is 29.7 Å². The Labute approximate surface area is 280 Å². The third kappa shape index (κ3) is 7.37. The first-order chi connectivity index (χ1) is 23.6. The Balaban J connectivity index is 1.27. The molecule has 6 atom stereocenters. The van der Waals surface area contributed by atoms with E-state index in [1.165, 1.54) is 36.6 Å². The summed E-state index contributed by atoms with van der Waals surface area (Å²) >= 11 is 0. The van der Waals surface area contributed by atoms with E-state index >= 15 is 0 Å². The molecule has 6 rings (SSSR count).